The van der Waals surface area contributed by atoms with Gasteiger partial charge in [0, 0.05) is 30.4 Å². The van der Waals surface area contributed by atoms with Gasteiger partial charge < -0.3 is 15.0 Å². The number of para-hydroxylation sites is 1. The van der Waals surface area contributed by atoms with E-state index >= 15 is 0 Å². The third-order valence-electron chi connectivity index (χ3n) is 6.22. The molecule has 0 saturated carbocycles. The van der Waals surface area contributed by atoms with Gasteiger partial charge in [-0.15, -0.1) is 0 Å². The molecule has 9 heteroatoms. The number of rotatable bonds is 3. The van der Waals surface area contributed by atoms with E-state index < -0.39 is 6.23 Å². The molecule has 0 saturated heterocycles. The highest BCUT2D eigenvalue weighted by Gasteiger charge is 2.36. The summed E-state index contributed by atoms with van der Waals surface area (Å²) in [5.74, 6) is 0.244. The molecule has 2 aromatic carbocycles. The number of likely N-dealkylation sites (N-methyl/N-ethyl adjacent to an activating group) is 1. The van der Waals surface area contributed by atoms with Gasteiger partial charge in [0.25, 0.3) is 5.91 Å². The number of carbonyl (C=O) groups excluding carboxylic acids is 1. The maximum absolute atomic E-state index is 13.3. The maximum Gasteiger partial charge on any atom is 0.268 e. The Balaban J connectivity index is 1.43. The predicted octanol–water partition coefficient (Wildman–Crippen LogP) is 5.64. The minimum Gasteiger partial charge on any atom is -0.453 e. The fourth-order valence-electron chi connectivity index (χ4n) is 4.87. The van der Waals surface area contributed by atoms with Crippen LogP contribution in [0.1, 0.15) is 42.3 Å². The van der Waals surface area contributed by atoms with E-state index in [1.807, 2.05) is 6.07 Å². The predicted molar refractivity (Wildman–Crippen MR) is 134 cm³/mol. The first-order valence-electron chi connectivity index (χ1n) is 11.0. The minimum atomic E-state index is -0.651. The number of benzene rings is 2. The molecule has 0 radical (unpaired) electrons. The summed E-state index contributed by atoms with van der Waals surface area (Å²) in [6.07, 6.45) is 0.813. The highest BCUT2D eigenvalue weighted by Crippen LogP contribution is 2.39. The van der Waals surface area contributed by atoms with Crippen molar-refractivity contribution in [1.82, 2.24) is 14.9 Å². The summed E-state index contributed by atoms with van der Waals surface area (Å²) in [7, 11) is 2.13. The van der Waals surface area contributed by atoms with Crippen molar-refractivity contribution in [2.45, 2.75) is 39.0 Å². The Morgan fingerprint density at radius 1 is 1.18 bits per heavy atom. The Labute approximate surface area is 208 Å². The molecule has 1 amide bonds. The lowest BCUT2D eigenvalue weighted by atomic mass is 9.78. The molecule has 7 nitrogen and oxygen atoms in total. The second-order valence-electron chi connectivity index (χ2n) is 9.43. The fraction of sp³-hybridized carbons (Fsp3) is 0.320. The van der Waals surface area contributed by atoms with E-state index in [0.29, 0.717) is 21.7 Å². The van der Waals surface area contributed by atoms with Crippen molar-refractivity contribution in [3.05, 3.63) is 69.3 Å². The fourth-order valence-corrected chi connectivity index (χ4v) is 5.45. The van der Waals surface area contributed by atoms with Gasteiger partial charge in [-0.1, -0.05) is 49.2 Å². The number of amides is 1. The van der Waals surface area contributed by atoms with Gasteiger partial charge in [0.2, 0.25) is 11.8 Å². The Morgan fingerprint density at radius 3 is 2.65 bits per heavy atom. The molecule has 0 bridgehead atoms. The first-order chi connectivity index (χ1) is 16.1. The SMILES string of the molecule is CC1Oc2nc(Nc3ccc4c(c3)CN(C)CC4(C)C)ncc2C(=O)N1c1c(Cl)cccc1Cl. The molecular formula is C25H25Cl2N5O2. The number of fused-ring (bicyclic) bond motifs is 2. The largest absolute Gasteiger partial charge is 0.453 e. The Kier molecular flexibility index (Phi) is 5.67. The first kappa shape index (κ1) is 22.9. The molecule has 34 heavy (non-hydrogen) atoms. The van der Waals surface area contributed by atoms with Gasteiger partial charge in [0.05, 0.1) is 15.7 Å². The molecule has 1 N–H and O–H groups in total. The van der Waals surface area contributed by atoms with E-state index in [0.717, 1.165) is 18.8 Å². The van der Waals surface area contributed by atoms with E-state index in [-0.39, 0.29) is 22.8 Å². The first-order valence-corrected chi connectivity index (χ1v) is 11.8. The van der Waals surface area contributed by atoms with Crippen molar-refractivity contribution in [3.8, 4) is 5.88 Å². The number of nitrogens with zero attached hydrogens (tertiary/aromatic N) is 4. The lowest BCUT2D eigenvalue weighted by molar-refractivity contribution is 0.0867. The van der Waals surface area contributed by atoms with Crippen LogP contribution in [-0.4, -0.2) is 40.6 Å². The van der Waals surface area contributed by atoms with Crippen molar-refractivity contribution in [1.29, 1.82) is 0 Å². The van der Waals surface area contributed by atoms with Gasteiger partial charge >= 0.3 is 0 Å². The molecule has 176 valence electrons. The molecule has 0 fully saturated rings. The zero-order chi connectivity index (χ0) is 24.2. The second-order valence-corrected chi connectivity index (χ2v) is 10.2. The normalized spacial score (nSPS) is 19.3. The average Bonchev–Trinajstić information content (AvgIpc) is 2.74. The van der Waals surface area contributed by atoms with Crippen molar-refractivity contribution >= 4 is 46.4 Å². The average molecular weight is 498 g/mol. The van der Waals surface area contributed by atoms with Gasteiger partial charge in [-0.25, -0.2) is 4.98 Å². The van der Waals surface area contributed by atoms with E-state index in [2.05, 4.69) is 53.2 Å². The summed E-state index contributed by atoms with van der Waals surface area (Å²) >= 11 is 12.7. The van der Waals surface area contributed by atoms with Crippen LogP contribution in [0.4, 0.5) is 17.3 Å². The maximum atomic E-state index is 13.3. The highest BCUT2D eigenvalue weighted by molar-refractivity contribution is 6.40. The van der Waals surface area contributed by atoms with Crippen LogP contribution < -0.4 is 15.0 Å². The van der Waals surface area contributed by atoms with Crippen LogP contribution in [0.15, 0.2) is 42.6 Å². The lowest BCUT2D eigenvalue weighted by Crippen LogP contribution is -2.46. The summed E-state index contributed by atoms with van der Waals surface area (Å²) in [6.45, 7) is 8.17. The zero-order valence-corrected chi connectivity index (χ0v) is 20.9. The molecule has 2 aliphatic heterocycles. The quantitative estimate of drug-likeness (QED) is 0.505. The lowest BCUT2D eigenvalue weighted by Gasteiger charge is -2.38. The number of hydrogen-bond acceptors (Lipinski definition) is 6. The summed E-state index contributed by atoms with van der Waals surface area (Å²) in [5, 5.41) is 3.97. The van der Waals surface area contributed by atoms with E-state index in [4.69, 9.17) is 27.9 Å². The zero-order valence-electron chi connectivity index (χ0n) is 19.4. The van der Waals surface area contributed by atoms with Gasteiger partial charge in [-0.2, -0.15) is 4.98 Å². The number of nitrogens with one attached hydrogen (secondary N) is 1. The van der Waals surface area contributed by atoms with Crippen molar-refractivity contribution in [2.24, 2.45) is 0 Å². The molecule has 1 atom stereocenters. The molecule has 1 unspecified atom stereocenters. The molecule has 5 rings (SSSR count). The Bertz CT molecular complexity index is 1280. The van der Waals surface area contributed by atoms with Crippen LogP contribution in [0, 0.1) is 0 Å². The Morgan fingerprint density at radius 2 is 1.91 bits per heavy atom. The third-order valence-corrected chi connectivity index (χ3v) is 6.83. The van der Waals surface area contributed by atoms with Gasteiger partial charge in [0.15, 0.2) is 6.23 Å². The topological polar surface area (TPSA) is 70.6 Å². The van der Waals surface area contributed by atoms with Gasteiger partial charge in [0.1, 0.15) is 5.56 Å². The molecule has 2 aliphatic rings. The third kappa shape index (κ3) is 3.98. The number of ether oxygens (including phenoxy) is 1. The monoisotopic (exact) mass is 497 g/mol. The van der Waals surface area contributed by atoms with Gasteiger partial charge in [-0.3, -0.25) is 9.69 Å². The number of carbonyl (C=O) groups is 1. The number of anilines is 3. The number of aromatic nitrogens is 2. The molecular weight excluding hydrogens is 473 g/mol. The van der Waals surface area contributed by atoms with Crippen LogP contribution in [0.5, 0.6) is 5.88 Å². The van der Waals surface area contributed by atoms with Crippen molar-refractivity contribution in [3.63, 3.8) is 0 Å². The summed E-state index contributed by atoms with van der Waals surface area (Å²) < 4.78 is 5.98. The second kappa shape index (κ2) is 8.41. The van der Waals surface area contributed by atoms with E-state index in [1.54, 1.807) is 25.1 Å². The van der Waals surface area contributed by atoms with Crippen LogP contribution in [0.2, 0.25) is 10.0 Å². The smallest absolute Gasteiger partial charge is 0.268 e. The number of hydrogen-bond donors (Lipinski definition) is 1. The standard InChI is InChI=1S/C25H25Cl2N5O2/c1-14-32(21-19(26)6-5-7-20(21)27)23(33)17-11-28-24(30-22(17)34-14)29-16-8-9-18-15(10-16)12-31(4)13-25(18,2)3/h5-11,14H,12-13H2,1-4H3,(H,28,29,30). The molecule has 1 aromatic heterocycles. The Hall–Kier alpha value is -2.87. The number of halogens is 2. The van der Waals surface area contributed by atoms with Crippen LogP contribution in [0.3, 0.4) is 0 Å². The summed E-state index contributed by atoms with van der Waals surface area (Å²) in [6, 6.07) is 11.4. The summed E-state index contributed by atoms with van der Waals surface area (Å²) in [4.78, 5) is 25.9. The molecule has 0 spiro atoms. The van der Waals surface area contributed by atoms with E-state index in [1.165, 1.54) is 22.2 Å². The van der Waals surface area contributed by atoms with E-state index in [9.17, 15) is 4.79 Å². The van der Waals surface area contributed by atoms with Crippen molar-refractivity contribution in [2.75, 3.05) is 23.8 Å². The van der Waals surface area contributed by atoms with Crippen LogP contribution in [-0.2, 0) is 12.0 Å². The molecule has 0 aliphatic carbocycles. The highest BCUT2D eigenvalue weighted by atomic mass is 35.5. The minimum absolute atomic E-state index is 0.0872. The molecule has 3 heterocycles. The van der Waals surface area contributed by atoms with Crippen LogP contribution >= 0.6 is 23.2 Å². The summed E-state index contributed by atoms with van der Waals surface area (Å²) in [5.41, 5.74) is 4.23. The van der Waals surface area contributed by atoms with Crippen molar-refractivity contribution < 1.29 is 9.53 Å². The van der Waals surface area contributed by atoms with Crippen LogP contribution in [0.25, 0.3) is 0 Å². The molecule has 3 aromatic rings. The van der Waals surface area contributed by atoms with Gasteiger partial charge in [-0.05, 0) is 49.4 Å².